The molecule has 2 rings (SSSR count). The summed E-state index contributed by atoms with van der Waals surface area (Å²) in [4.78, 5) is 23.1. The molecule has 0 aliphatic carbocycles. The van der Waals surface area contributed by atoms with Crippen LogP contribution in [0.3, 0.4) is 0 Å². The number of hydrogen-bond donors (Lipinski definition) is 3. The van der Waals surface area contributed by atoms with Crippen LogP contribution in [0.2, 0.25) is 0 Å². The van der Waals surface area contributed by atoms with Crippen LogP contribution in [0.25, 0.3) is 0 Å². The Balaban J connectivity index is 1.92. The highest BCUT2D eigenvalue weighted by atomic mass is 32.1. The zero-order valence-electron chi connectivity index (χ0n) is 12.6. The summed E-state index contributed by atoms with van der Waals surface area (Å²) >= 11 is 4.27. The Morgan fingerprint density at radius 3 is 2.26 bits per heavy atom. The molecular formula is C18H19NO3S. The fraction of sp³-hybridized carbons (Fsp3) is 0.222. The van der Waals surface area contributed by atoms with Crippen molar-refractivity contribution in [3.63, 3.8) is 0 Å². The molecule has 23 heavy (non-hydrogen) atoms. The van der Waals surface area contributed by atoms with E-state index in [1.54, 1.807) is 12.1 Å². The number of carboxylic acid groups (broad SMARTS) is 1. The molecule has 4 nitrogen and oxygen atoms in total. The Morgan fingerprint density at radius 1 is 1.04 bits per heavy atom. The van der Waals surface area contributed by atoms with E-state index < -0.39 is 5.97 Å². The SMILES string of the molecule is O=C(O)c1ccc(NC(=O)C(CS)CCc2ccccc2)cc1. The molecule has 0 fully saturated rings. The number of thiol groups is 1. The number of hydrogen-bond acceptors (Lipinski definition) is 3. The van der Waals surface area contributed by atoms with E-state index in [0.29, 0.717) is 17.9 Å². The molecular weight excluding hydrogens is 310 g/mol. The maximum absolute atomic E-state index is 12.3. The lowest BCUT2D eigenvalue weighted by Crippen LogP contribution is -2.24. The number of nitrogens with one attached hydrogen (secondary N) is 1. The second kappa shape index (κ2) is 8.39. The predicted molar refractivity (Wildman–Crippen MR) is 94.1 cm³/mol. The fourth-order valence-corrected chi connectivity index (χ4v) is 2.58. The van der Waals surface area contributed by atoms with Crippen molar-refractivity contribution in [2.24, 2.45) is 5.92 Å². The van der Waals surface area contributed by atoms with Gasteiger partial charge in [-0.05, 0) is 42.7 Å². The van der Waals surface area contributed by atoms with E-state index in [9.17, 15) is 9.59 Å². The predicted octanol–water partition coefficient (Wildman–Crippen LogP) is 3.50. The van der Waals surface area contributed by atoms with Gasteiger partial charge in [-0.1, -0.05) is 30.3 Å². The molecule has 0 spiro atoms. The van der Waals surface area contributed by atoms with Crippen molar-refractivity contribution in [2.75, 3.05) is 11.1 Å². The first-order valence-electron chi connectivity index (χ1n) is 7.39. The van der Waals surface area contributed by atoms with Crippen LogP contribution in [0.5, 0.6) is 0 Å². The molecule has 0 saturated carbocycles. The van der Waals surface area contributed by atoms with E-state index in [0.717, 1.165) is 6.42 Å². The summed E-state index contributed by atoms with van der Waals surface area (Å²) in [6.07, 6.45) is 1.53. The summed E-state index contributed by atoms with van der Waals surface area (Å²) in [5.41, 5.74) is 1.97. The van der Waals surface area contributed by atoms with Gasteiger partial charge in [0, 0.05) is 17.4 Å². The minimum atomic E-state index is -0.987. The second-order valence-corrected chi connectivity index (χ2v) is 5.64. The van der Waals surface area contributed by atoms with Gasteiger partial charge in [0.05, 0.1) is 5.56 Å². The highest BCUT2D eigenvalue weighted by Crippen LogP contribution is 2.16. The molecule has 0 aliphatic heterocycles. The van der Waals surface area contributed by atoms with Crippen LogP contribution in [-0.4, -0.2) is 22.7 Å². The molecule has 5 heteroatoms. The highest BCUT2D eigenvalue weighted by Gasteiger charge is 2.17. The average Bonchev–Trinajstić information content (AvgIpc) is 2.57. The molecule has 2 aromatic carbocycles. The molecule has 0 aliphatic rings. The van der Waals surface area contributed by atoms with E-state index in [1.165, 1.54) is 17.7 Å². The van der Waals surface area contributed by atoms with Crippen molar-refractivity contribution in [1.29, 1.82) is 0 Å². The highest BCUT2D eigenvalue weighted by molar-refractivity contribution is 7.80. The Bertz CT molecular complexity index is 656. The van der Waals surface area contributed by atoms with Crippen LogP contribution in [0.1, 0.15) is 22.3 Å². The Labute approximate surface area is 141 Å². The van der Waals surface area contributed by atoms with Crippen LogP contribution in [0, 0.1) is 5.92 Å². The van der Waals surface area contributed by atoms with Gasteiger partial charge in [-0.15, -0.1) is 0 Å². The van der Waals surface area contributed by atoms with Gasteiger partial charge in [0.15, 0.2) is 0 Å². The smallest absolute Gasteiger partial charge is 0.335 e. The summed E-state index contributed by atoms with van der Waals surface area (Å²) in [5, 5.41) is 11.7. The third kappa shape index (κ3) is 5.14. The minimum Gasteiger partial charge on any atom is -0.478 e. The Morgan fingerprint density at radius 2 is 1.70 bits per heavy atom. The van der Waals surface area contributed by atoms with E-state index in [4.69, 9.17) is 5.11 Å². The quantitative estimate of drug-likeness (QED) is 0.681. The second-order valence-electron chi connectivity index (χ2n) is 5.28. The van der Waals surface area contributed by atoms with Crippen molar-refractivity contribution in [1.82, 2.24) is 0 Å². The number of anilines is 1. The van der Waals surface area contributed by atoms with Gasteiger partial charge in [-0.2, -0.15) is 12.6 Å². The van der Waals surface area contributed by atoms with Crippen LogP contribution in [-0.2, 0) is 11.2 Å². The molecule has 2 N–H and O–H groups in total. The van der Waals surface area contributed by atoms with Crippen LogP contribution in [0.4, 0.5) is 5.69 Å². The van der Waals surface area contributed by atoms with Crippen molar-refractivity contribution >= 4 is 30.2 Å². The van der Waals surface area contributed by atoms with Gasteiger partial charge in [0.2, 0.25) is 5.91 Å². The number of carbonyl (C=O) groups excluding carboxylic acids is 1. The zero-order chi connectivity index (χ0) is 16.7. The first-order chi connectivity index (χ1) is 11.1. The lowest BCUT2D eigenvalue weighted by atomic mass is 10.00. The summed E-state index contributed by atoms with van der Waals surface area (Å²) in [6, 6.07) is 16.1. The van der Waals surface area contributed by atoms with Crippen molar-refractivity contribution in [2.45, 2.75) is 12.8 Å². The topological polar surface area (TPSA) is 66.4 Å². The van der Waals surface area contributed by atoms with E-state index >= 15 is 0 Å². The van der Waals surface area contributed by atoms with Gasteiger partial charge >= 0.3 is 5.97 Å². The van der Waals surface area contributed by atoms with Crippen LogP contribution >= 0.6 is 12.6 Å². The van der Waals surface area contributed by atoms with Gasteiger partial charge in [-0.3, -0.25) is 4.79 Å². The normalized spacial score (nSPS) is 11.7. The van der Waals surface area contributed by atoms with Crippen molar-refractivity contribution < 1.29 is 14.7 Å². The number of aromatic carboxylic acids is 1. The molecule has 0 saturated heterocycles. The largest absolute Gasteiger partial charge is 0.478 e. The number of carbonyl (C=O) groups is 2. The lowest BCUT2D eigenvalue weighted by Gasteiger charge is -2.14. The summed E-state index contributed by atoms with van der Waals surface area (Å²) in [7, 11) is 0. The first-order valence-corrected chi connectivity index (χ1v) is 8.02. The third-order valence-corrected chi connectivity index (χ3v) is 4.06. The number of amides is 1. The molecule has 120 valence electrons. The molecule has 1 amide bonds. The number of rotatable bonds is 7. The summed E-state index contributed by atoms with van der Waals surface area (Å²) < 4.78 is 0. The molecule has 0 radical (unpaired) electrons. The standard InChI is InChI=1S/C18H19NO3S/c20-17(19-16-10-8-14(9-11-16)18(21)22)15(12-23)7-6-13-4-2-1-3-5-13/h1-5,8-11,15,23H,6-7,12H2,(H,19,20)(H,21,22). The average molecular weight is 329 g/mol. The molecule has 0 aromatic heterocycles. The molecule has 1 unspecified atom stereocenters. The van der Waals surface area contributed by atoms with Crippen molar-refractivity contribution in [3.8, 4) is 0 Å². The maximum atomic E-state index is 12.3. The maximum Gasteiger partial charge on any atom is 0.335 e. The van der Waals surface area contributed by atoms with Gasteiger partial charge in [0.25, 0.3) is 0 Å². The monoisotopic (exact) mass is 329 g/mol. The molecule has 0 heterocycles. The summed E-state index contributed by atoms with van der Waals surface area (Å²) in [5.74, 6) is -0.818. The molecule has 2 aromatic rings. The Kier molecular flexibility index (Phi) is 6.23. The van der Waals surface area contributed by atoms with E-state index in [-0.39, 0.29) is 17.4 Å². The minimum absolute atomic E-state index is 0.0981. The number of carboxylic acids is 1. The number of aryl methyl sites for hydroxylation is 1. The van der Waals surface area contributed by atoms with Gasteiger partial charge < -0.3 is 10.4 Å². The van der Waals surface area contributed by atoms with E-state index in [2.05, 4.69) is 17.9 Å². The van der Waals surface area contributed by atoms with E-state index in [1.807, 2.05) is 30.3 Å². The van der Waals surface area contributed by atoms with Crippen LogP contribution in [0.15, 0.2) is 54.6 Å². The van der Waals surface area contributed by atoms with Crippen molar-refractivity contribution in [3.05, 3.63) is 65.7 Å². The van der Waals surface area contributed by atoms with Gasteiger partial charge in [-0.25, -0.2) is 4.79 Å². The molecule has 1 atom stereocenters. The van der Waals surface area contributed by atoms with Crippen LogP contribution < -0.4 is 5.32 Å². The lowest BCUT2D eigenvalue weighted by molar-refractivity contribution is -0.119. The Hall–Kier alpha value is -2.27. The third-order valence-electron chi connectivity index (χ3n) is 3.61. The summed E-state index contributed by atoms with van der Waals surface area (Å²) in [6.45, 7) is 0. The first kappa shape index (κ1) is 17.1. The van der Waals surface area contributed by atoms with Gasteiger partial charge in [0.1, 0.15) is 0 Å². The molecule has 0 bridgehead atoms. The number of benzene rings is 2. The fourth-order valence-electron chi connectivity index (χ4n) is 2.23. The zero-order valence-corrected chi connectivity index (χ0v) is 13.5.